The van der Waals surface area contributed by atoms with Gasteiger partial charge in [0.2, 0.25) is 0 Å². The van der Waals surface area contributed by atoms with Crippen molar-refractivity contribution in [3.63, 3.8) is 0 Å². The monoisotopic (exact) mass is 402 g/mol. The number of benzene rings is 1. The minimum Gasteiger partial charge on any atom is -0.353 e. The summed E-state index contributed by atoms with van der Waals surface area (Å²) in [7, 11) is 1.84. The number of rotatable bonds is 4. The van der Waals surface area contributed by atoms with E-state index in [0.29, 0.717) is 31.7 Å². The van der Waals surface area contributed by atoms with Crippen molar-refractivity contribution >= 4 is 5.82 Å². The zero-order valence-electron chi connectivity index (χ0n) is 16.0. The highest BCUT2D eigenvalue weighted by Gasteiger charge is 2.33. The molecule has 152 valence electrons. The molecule has 1 aliphatic rings. The molecule has 6 nitrogen and oxygen atoms in total. The Hall–Kier alpha value is -2.94. The molecule has 4 rings (SSSR count). The van der Waals surface area contributed by atoms with E-state index < -0.39 is 11.7 Å². The molecule has 0 bridgehead atoms. The second kappa shape index (κ2) is 7.82. The second-order valence-corrected chi connectivity index (χ2v) is 7.08. The molecule has 3 heterocycles. The fourth-order valence-corrected chi connectivity index (χ4v) is 3.51. The van der Waals surface area contributed by atoms with Gasteiger partial charge >= 0.3 is 6.18 Å². The molecule has 0 spiro atoms. The topological polar surface area (TPSA) is 50.1 Å². The van der Waals surface area contributed by atoms with Crippen molar-refractivity contribution in [2.45, 2.75) is 12.7 Å². The number of halogens is 3. The summed E-state index contributed by atoms with van der Waals surface area (Å²) >= 11 is 0. The zero-order valence-corrected chi connectivity index (χ0v) is 16.0. The summed E-state index contributed by atoms with van der Waals surface area (Å²) in [6, 6.07) is 5.78. The predicted molar refractivity (Wildman–Crippen MR) is 103 cm³/mol. The maximum absolute atomic E-state index is 13.2. The average Bonchev–Trinajstić information content (AvgIpc) is 3.15. The zero-order chi connectivity index (χ0) is 20.4. The number of alkyl halides is 3. The van der Waals surface area contributed by atoms with Crippen LogP contribution in [0.1, 0.15) is 11.1 Å². The van der Waals surface area contributed by atoms with E-state index in [1.807, 2.05) is 18.1 Å². The third kappa shape index (κ3) is 4.40. The van der Waals surface area contributed by atoms with E-state index in [2.05, 4.69) is 20.0 Å². The number of nitrogens with zero attached hydrogens (tertiary/aromatic N) is 6. The maximum Gasteiger partial charge on any atom is 0.416 e. The van der Waals surface area contributed by atoms with Crippen molar-refractivity contribution in [2.75, 3.05) is 31.1 Å². The Kier molecular flexibility index (Phi) is 5.23. The minimum atomic E-state index is -4.33. The molecular weight excluding hydrogens is 381 g/mol. The van der Waals surface area contributed by atoms with Crippen molar-refractivity contribution in [1.82, 2.24) is 24.6 Å². The van der Waals surface area contributed by atoms with E-state index in [0.717, 1.165) is 23.1 Å². The predicted octanol–water partition coefficient (Wildman–Crippen LogP) is 3.22. The Morgan fingerprint density at radius 1 is 1.00 bits per heavy atom. The number of hydrogen-bond acceptors (Lipinski definition) is 5. The van der Waals surface area contributed by atoms with E-state index in [4.69, 9.17) is 0 Å². The van der Waals surface area contributed by atoms with Crippen LogP contribution in [0, 0.1) is 0 Å². The Morgan fingerprint density at radius 2 is 1.76 bits per heavy atom. The highest BCUT2D eigenvalue weighted by atomic mass is 19.4. The average molecular weight is 402 g/mol. The van der Waals surface area contributed by atoms with Crippen LogP contribution in [0.5, 0.6) is 0 Å². The van der Waals surface area contributed by atoms with Crippen molar-refractivity contribution in [1.29, 1.82) is 0 Å². The quantitative estimate of drug-likeness (QED) is 0.671. The van der Waals surface area contributed by atoms with Crippen LogP contribution >= 0.6 is 0 Å². The van der Waals surface area contributed by atoms with Crippen molar-refractivity contribution < 1.29 is 13.2 Å². The van der Waals surface area contributed by atoms with Crippen molar-refractivity contribution in [3.05, 3.63) is 60.2 Å². The molecule has 29 heavy (non-hydrogen) atoms. The maximum atomic E-state index is 13.2. The number of hydrogen-bond donors (Lipinski definition) is 0. The lowest BCUT2D eigenvalue weighted by atomic mass is 10.1. The molecular formula is C20H21F3N6. The second-order valence-electron chi connectivity index (χ2n) is 7.08. The van der Waals surface area contributed by atoms with Gasteiger partial charge in [-0.25, -0.2) is 4.98 Å². The van der Waals surface area contributed by atoms with Gasteiger partial charge in [-0.2, -0.15) is 18.3 Å². The first kappa shape index (κ1) is 19.4. The molecule has 0 N–H and O–H groups in total. The highest BCUT2D eigenvalue weighted by Crippen LogP contribution is 2.32. The number of piperazine rings is 1. The van der Waals surface area contributed by atoms with E-state index in [1.165, 1.54) is 6.07 Å². The fourth-order valence-electron chi connectivity index (χ4n) is 3.51. The van der Waals surface area contributed by atoms with Crippen molar-refractivity contribution in [3.8, 4) is 11.3 Å². The molecule has 1 aromatic carbocycles. The Morgan fingerprint density at radius 3 is 2.45 bits per heavy atom. The van der Waals surface area contributed by atoms with Crippen LogP contribution in [0.3, 0.4) is 0 Å². The molecule has 1 aliphatic heterocycles. The highest BCUT2D eigenvalue weighted by molar-refractivity contribution is 5.58. The molecule has 3 aromatic rings. The first-order chi connectivity index (χ1) is 13.9. The molecule has 0 saturated carbocycles. The first-order valence-electron chi connectivity index (χ1n) is 9.33. The third-order valence-corrected chi connectivity index (χ3v) is 5.04. The van der Waals surface area contributed by atoms with Crippen LogP contribution < -0.4 is 4.90 Å². The SMILES string of the molecule is Cn1cc(-c2cncc(N3CCN(Cc4ccccc4C(F)(F)F)CC3)n2)cn1. The third-order valence-electron chi connectivity index (χ3n) is 5.04. The Balaban J connectivity index is 1.42. The lowest BCUT2D eigenvalue weighted by molar-refractivity contribution is -0.138. The van der Waals surface area contributed by atoms with Gasteiger partial charge < -0.3 is 4.90 Å². The van der Waals surface area contributed by atoms with Gasteiger partial charge in [-0.05, 0) is 11.6 Å². The Bertz CT molecular complexity index is 976. The fraction of sp³-hybridized carbons (Fsp3) is 0.350. The van der Waals surface area contributed by atoms with Crippen LogP contribution in [0.25, 0.3) is 11.3 Å². The van der Waals surface area contributed by atoms with E-state index >= 15 is 0 Å². The molecule has 0 amide bonds. The largest absolute Gasteiger partial charge is 0.416 e. The molecule has 0 atom stereocenters. The minimum absolute atomic E-state index is 0.283. The smallest absolute Gasteiger partial charge is 0.353 e. The summed E-state index contributed by atoms with van der Waals surface area (Å²) in [6.07, 6.45) is 2.70. The summed E-state index contributed by atoms with van der Waals surface area (Å²) in [5.41, 5.74) is 1.39. The van der Waals surface area contributed by atoms with Gasteiger partial charge in [0, 0.05) is 51.5 Å². The Labute approximate surface area is 166 Å². The lowest BCUT2D eigenvalue weighted by Gasteiger charge is -2.35. The molecule has 9 heteroatoms. The van der Waals surface area contributed by atoms with Gasteiger partial charge in [0.15, 0.2) is 0 Å². The van der Waals surface area contributed by atoms with E-state index in [1.54, 1.807) is 35.4 Å². The van der Waals surface area contributed by atoms with Crippen LogP contribution in [-0.2, 0) is 19.8 Å². The van der Waals surface area contributed by atoms with E-state index in [9.17, 15) is 13.2 Å². The summed E-state index contributed by atoms with van der Waals surface area (Å²) < 4.78 is 41.4. The molecule has 0 unspecified atom stereocenters. The van der Waals surface area contributed by atoms with Crippen LogP contribution in [-0.4, -0.2) is 50.8 Å². The molecule has 1 fully saturated rings. The van der Waals surface area contributed by atoms with Gasteiger partial charge in [0.05, 0.1) is 29.8 Å². The summed E-state index contributed by atoms with van der Waals surface area (Å²) in [6.45, 7) is 2.96. The lowest BCUT2D eigenvalue weighted by Crippen LogP contribution is -2.46. The number of anilines is 1. The normalized spacial score (nSPS) is 15.7. The first-order valence-corrected chi connectivity index (χ1v) is 9.33. The molecule has 2 aromatic heterocycles. The van der Waals surface area contributed by atoms with Gasteiger partial charge in [-0.15, -0.1) is 0 Å². The molecule has 1 saturated heterocycles. The summed E-state index contributed by atoms with van der Waals surface area (Å²) in [5, 5.41) is 4.16. The van der Waals surface area contributed by atoms with Crippen LogP contribution in [0.2, 0.25) is 0 Å². The van der Waals surface area contributed by atoms with Crippen LogP contribution in [0.15, 0.2) is 49.1 Å². The summed E-state index contributed by atoms with van der Waals surface area (Å²) in [4.78, 5) is 13.1. The van der Waals surface area contributed by atoms with Gasteiger partial charge in [0.1, 0.15) is 5.82 Å². The summed E-state index contributed by atoms with van der Waals surface area (Å²) in [5.74, 6) is 0.765. The van der Waals surface area contributed by atoms with Gasteiger partial charge in [0.25, 0.3) is 0 Å². The number of aromatic nitrogens is 4. The molecule has 0 radical (unpaired) electrons. The van der Waals surface area contributed by atoms with E-state index in [-0.39, 0.29) is 6.54 Å². The van der Waals surface area contributed by atoms with Gasteiger partial charge in [-0.3, -0.25) is 14.6 Å². The standard InChI is InChI=1S/C20H21F3N6/c1-27-13-16(10-25-27)18-11-24-12-19(26-18)29-8-6-28(7-9-29)14-15-4-2-3-5-17(15)20(21,22)23/h2-5,10-13H,6-9,14H2,1H3. The number of aryl methyl sites for hydroxylation is 1. The van der Waals surface area contributed by atoms with Crippen LogP contribution in [0.4, 0.5) is 19.0 Å². The van der Waals surface area contributed by atoms with Gasteiger partial charge in [-0.1, -0.05) is 18.2 Å². The molecule has 0 aliphatic carbocycles. The van der Waals surface area contributed by atoms with Crippen molar-refractivity contribution in [2.24, 2.45) is 7.05 Å².